The molecule has 0 radical (unpaired) electrons. The second-order valence-electron chi connectivity index (χ2n) is 6.17. The summed E-state index contributed by atoms with van der Waals surface area (Å²) in [6.07, 6.45) is 1.06. The zero-order valence-electron chi connectivity index (χ0n) is 12.3. The van der Waals surface area contributed by atoms with Gasteiger partial charge in [-0.3, -0.25) is 0 Å². The van der Waals surface area contributed by atoms with Gasteiger partial charge in [-0.05, 0) is 30.0 Å². The van der Waals surface area contributed by atoms with E-state index in [-0.39, 0.29) is 5.41 Å². The smallest absolute Gasteiger partial charge is 0.128 e. The fourth-order valence-electron chi connectivity index (χ4n) is 2.75. The van der Waals surface area contributed by atoms with Gasteiger partial charge in [0.1, 0.15) is 5.75 Å². The number of fused-ring (bicyclic) bond motifs is 1. The van der Waals surface area contributed by atoms with Crippen molar-refractivity contribution in [2.24, 2.45) is 0 Å². The molecule has 0 fully saturated rings. The van der Waals surface area contributed by atoms with Crippen molar-refractivity contribution in [3.05, 3.63) is 28.8 Å². The maximum atomic E-state index is 6.00. The van der Waals surface area contributed by atoms with Crippen LogP contribution in [0.4, 0.5) is 0 Å². The van der Waals surface area contributed by atoms with Crippen LogP contribution in [0, 0.1) is 6.92 Å². The minimum atomic E-state index is 0.131. The fraction of sp³-hybridized carbons (Fsp3) is 0.625. The van der Waals surface area contributed by atoms with Gasteiger partial charge in [0.2, 0.25) is 0 Å². The topological polar surface area (TPSA) is 21.3 Å². The average Bonchev–Trinajstić information content (AvgIpc) is 2.28. The highest BCUT2D eigenvalue weighted by Crippen LogP contribution is 2.41. The van der Waals surface area contributed by atoms with Crippen LogP contribution in [-0.2, 0) is 5.41 Å². The van der Waals surface area contributed by atoms with Crippen LogP contribution >= 0.6 is 0 Å². The largest absolute Gasteiger partial charge is 0.493 e. The monoisotopic (exact) mass is 247 g/mol. The molecule has 0 spiro atoms. The molecule has 2 rings (SSSR count). The zero-order chi connectivity index (χ0) is 13.3. The first-order valence-corrected chi connectivity index (χ1v) is 6.95. The number of aryl methyl sites for hydroxylation is 1. The van der Waals surface area contributed by atoms with E-state index in [4.69, 9.17) is 4.74 Å². The van der Waals surface area contributed by atoms with Crippen LogP contribution in [0.3, 0.4) is 0 Å². The van der Waals surface area contributed by atoms with Gasteiger partial charge in [0.05, 0.1) is 6.61 Å². The number of benzene rings is 1. The molecule has 1 unspecified atom stereocenters. The van der Waals surface area contributed by atoms with E-state index in [1.54, 1.807) is 0 Å². The van der Waals surface area contributed by atoms with Gasteiger partial charge in [-0.15, -0.1) is 0 Å². The van der Waals surface area contributed by atoms with E-state index in [1.165, 1.54) is 16.7 Å². The summed E-state index contributed by atoms with van der Waals surface area (Å²) in [6.45, 7) is 12.9. The van der Waals surface area contributed by atoms with Crippen molar-refractivity contribution in [2.75, 3.05) is 13.2 Å². The van der Waals surface area contributed by atoms with Crippen LogP contribution < -0.4 is 10.1 Å². The highest BCUT2D eigenvalue weighted by Gasteiger charge is 2.29. The van der Waals surface area contributed by atoms with Crippen molar-refractivity contribution in [3.63, 3.8) is 0 Å². The Morgan fingerprint density at radius 3 is 2.67 bits per heavy atom. The zero-order valence-corrected chi connectivity index (χ0v) is 12.3. The molecule has 1 aliphatic heterocycles. The Balaban J connectivity index is 2.54. The Labute approximate surface area is 111 Å². The van der Waals surface area contributed by atoms with Crippen molar-refractivity contribution < 1.29 is 4.74 Å². The van der Waals surface area contributed by atoms with Gasteiger partial charge >= 0.3 is 0 Å². The maximum Gasteiger partial charge on any atom is 0.128 e. The number of hydrogen-bond donors (Lipinski definition) is 1. The van der Waals surface area contributed by atoms with E-state index in [9.17, 15) is 0 Å². The summed E-state index contributed by atoms with van der Waals surface area (Å²) in [4.78, 5) is 0. The lowest BCUT2D eigenvalue weighted by molar-refractivity contribution is 0.247. The Bertz CT molecular complexity index is 431. The summed E-state index contributed by atoms with van der Waals surface area (Å²) in [5.41, 5.74) is 4.16. The van der Waals surface area contributed by atoms with Crippen molar-refractivity contribution in [1.82, 2.24) is 5.32 Å². The molecule has 100 valence electrons. The third-order valence-corrected chi connectivity index (χ3v) is 3.67. The third-order valence-electron chi connectivity index (χ3n) is 3.67. The van der Waals surface area contributed by atoms with Gasteiger partial charge in [-0.2, -0.15) is 0 Å². The Kier molecular flexibility index (Phi) is 3.67. The molecule has 2 heteroatoms. The Morgan fingerprint density at radius 1 is 1.33 bits per heavy atom. The summed E-state index contributed by atoms with van der Waals surface area (Å²) < 4.78 is 6.00. The second kappa shape index (κ2) is 4.93. The molecule has 0 saturated heterocycles. The van der Waals surface area contributed by atoms with E-state index >= 15 is 0 Å². The van der Waals surface area contributed by atoms with Gasteiger partial charge in [-0.25, -0.2) is 0 Å². The summed E-state index contributed by atoms with van der Waals surface area (Å²) >= 11 is 0. The van der Waals surface area contributed by atoms with E-state index in [0.29, 0.717) is 6.04 Å². The normalized spacial score (nSPS) is 19.3. The molecule has 1 atom stereocenters. The van der Waals surface area contributed by atoms with Crippen LogP contribution in [0.5, 0.6) is 5.75 Å². The molecule has 1 aromatic rings. The third kappa shape index (κ3) is 2.39. The van der Waals surface area contributed by atoms with Gasteiger partial charge in [0, 0.05) is 18.0 Å². The van der Waals surface area contributed by atoms with Gasteiger partial charge in [-0.1, -0.05) is 39.8 Å². The van der Waals surface area contributed by atoms with Crippen molar-refractivity contribution >= 4 is 0 Å². The van der Waals surface area contributed by atoms with Crippen LogP contribution in [-0.4, -0.2) is 13.2 Å². The van der Waals surface area contributed by atoms with E-state index in [2.05, 4.69) is 52.1 Å². The minimum Gasteiger partial charge on any atom is -0.493 e. The molecule has 2 nitrogen and oxygen atoms in total. The van der Waals surface area contributed by atoms with Crippen LogP contribution in [0.25, 0.3) is 0 Å². The molecule has 1 heterocycles. The van der Waals surface area contributed by atoms with Crippen molar-refractivity contribution in [3.8, 4) is 5.75 Å². The van der Waals surface area contributed by atoms with E-state index in [0.717, 1.165) is 25.3 Å². The molecular formula is C16H25NO. The predicted octanol–water partition coefficient (Wildman–Crippen LogP) is 3.73. The quantitative estimate of drug-likeness (QED) is 0.860. The number of rotatable bonds is 2. The highest BCUT2D eigenvalue weighted by atomic mass is 16.5. The van der Waals surface area contributed by atoms with E-state index < -0.39 is 0 Å². The Morgan fingerprint density at radius 2 is 2.06 bits per heavy atom. The minimum absolute atomic E-state index is 0.131. The van der Waals surface area contributed by atoms with Crippen molar-refractivity contribution in [2.45, 2.75) is 52.5 Å². The molecule has 0 bridgehead atoms. The SMILES string of the molecule is CCNC1CCOc2c(C(C)(C)C)ccc(C)c21. The number of hydrogen-bond acceptors (Lipinski definition) is 2. The molecule has 0 amide bonds. The summed E-state index contributed by atoms with van der Waals surface area (Å²) in [5.74, 6) is 1.12. The first-order valence-electron chi connectivity index (χ1n) is 6.95. The molecule has 1 aliphatic rings. The first kappa shape index (κ1) is 13.4. The molecule has 0 saturated carbocycles. The van der Waals surface area contributed by atoms with Gasteiger partial charge in [0.15, 0.2) is 0 Å². The summed E-state index contributed by atoms with van der Waals surface area (Å²) in [7, 11) is 0. The second-order valence-corrected chi connectivity index (χ2v) is 6.17. The van der Waals surface area contributed by atoms with Crippen LogP contribution in [0.1, 0.15) is 56.8 Å². The van der Waals surface area contributed by atoms with Gasteiger partial charge in [0.25, 0.3) is 0 Å². The summed E-state index contributed by atoms with van der Waals surface area (Å²) in [6, 6.07) is 4.90. The lowest BCUT2D eigenvalue weighted by Crippen LogP contribution is -2.29. The Hall–Kier alpha value is -1.02. The molecular weight excluding hydrogens is 222 g/mol. The first-order chi connectivity index (χ1) is 8.45. The van der Waals surface area contributed by atoms with Crippen molar-refractivity contribution in [1.29, 1.82) is 0 Å². The molecule has 1 N–H and O–H groups in total. The fourth-order valence-corrected chi connectivity index (χ4v) is 2.75. The molecule has 0 aliphatic carbocycles. The molecule has 0 aromatic heterocycles. The van der Waals surface area contributed by atoms with Crippen LogP contribution in [0.15, 0.2) is 12.1 Å². The molecule has 18 heavy (non-hydrogen) atoms. The number of nitrogens with one attached hydrogen (secondary N) is 1. The maximum absolute atomic E-state index is 6.00. The predicted molar refractivity (Wildman–Crippen MR) is 76.4 cm³/mol. The average molecular weight is 247 g/mol. The van der Waals surface area contributed by atoms with Crippen LogP contribution in [0.2, 0.25) is 0 Å². The lowest BCUT2D eigenvalue weighted by Gasteiger charge is -2.33. The standard InChI is InChI=1S/C16H25NO/c1-6-17-13-9-10-18-15-12(16(3,4)5)8-7-11(2)14(13)15/h7-8,13,17H,6,9-10H2,1-5H3. The molecule has 1 aromatic carbocycles. The summed E-state index contributed by atoms with van der Waals surface area (Å²) in [5, 5.41) is 3.58. The highest BCUT2D eigenvalue weighted by molar-refractivity contribution is 5.51. The van der Waals surface area contributed by atoms with E-state index in [1.807, 2.05) is 0 Å². The lowest BCUT2D eigenvalue weighted by atomic mass is 9.82. The van der Waals surface area contributed by atoms with Gasteiger partial charge < -0.3 is 10.1 Å². The number of ether oxygens (including phenoxy) is 1.